The van der Waals surface area contributed by atoms with Crippen LogP contribution in [-0.4, -0.2) is 20.7 Å². The van der Waals surface area contributed by atoms with Gasteiger partial charge in [-0.2, -0.15) is 5.10 Å². The van der Waals surface area contributed by atoms with Crippen molar-refractivity contribution in [3.05, 3.63) is 89.7 Å². The summed E-state index contributed by atoms with van der Waals surface area (Å²) in [6.07, 6.45) is 1.78. The molecule has 2 aromatic carbocycles. The summed E-state index contributed by atoms with van der Waals surface area (Å²) >= 11 is 0. The Labute approximate surface area is 181 Å². The summed E-state index contributed by atoms with van der Waals surface area (Å²) in [7, 11) is 0. The first-order valence-corrected chi connectivity index (χ1v) is 10.2. The van der Waals surface area contributed by atoms with Crippen LogP contribution in [0.4, 0.5) is 11.5 Å². The SMILES string of the molecule is Cc1cccc(-n2nc(C(C)C)cc2-c2ccnc(Nc3ccc(C(N)=O)cc3)c2)c1. The molecule has 0 fully saturated rings. The Kier molecular flexibility index (Phi) is 5.54. The molecule has 0 radical (unpaired) electrons. The second kappa shape index (κ2) is 8.44. The van der Waals surface area contributed by atoms with Gasteiger partial charge in [0.2, 0.25) is 5.91 Å². The van der Waals surface area contributed by atoms with E-state index >= 15 is 0 Å². The van der Waals surface area contributed by atoms with E-state index in [2.05, 4.69) is 55.3 Å². The summed E-state index contributed by atoms with van der Waals surface area (Å²) in [4.78, 5) is 15.7. The largest absolute Gasteiger partial charge is 0.366 e. The van der Waals surface area contributed by atoms with Crippen molar-refractivity contribution in [3.63, 3.8) is 0 Å². The van der Waals surface area contributed by atoms with Crippen molar-refractivity contribution in [2.45, 2.75) is 26.7 Å². The van der Waals surface area contributed by atoms with Crippen LogP contribution in [0.1, 0.15) is 41.4 Å². The molecule has 0 unspecified atom stereocenters. The van der Waals surface area contributed by atoms with Crippen LogP contribution in [0.2, 0.25) is 0 Å². The van der Waals surface area contributed by atoms with Gasteiger partial charge < -0.3 is 11.1 Å². The van der Waals surface area contributed by atoms with Gasteiger partial charge in [0, 0.05) is 23.0 Å². The molecule has 6 nitrogen and oxygen atoms in total. The van der Waals surface area contributed by atoms with E-state index in [1.54, 1.807) is 18.3 Å². The average molecular weight is 412 g/mol. The molecule has 0 aliphatic rings. The number of hydrogen-bond acceptors (Lipinski definition) is 4. The molecule has 0 aliphatic heterocycles. The van der Waals surface area contributed by atoms with E-state index in [-0.39, 0.29) is 0 Å². The molecule has 156 valence electrons. The molecular weight excluding hydrogens is 386 g/mol. The summed E-state index contributed by atoms with van der Waals surface area (Å²) in [6.45, 7) is 6.36. The van der Waals surface area contributed by atoms with E-state index in [1.807, 2.05) is 35.0 Å². The minimum atomic E-state index is -0.447. The first kappa shape index (κ1) is 20.3. The number of hydrogen-bond donors (Lipinski definition) is 2. The molecule has 3 N–H and O–H groups in total. The Balaban J connectivity index is 1.71. The highest BCUT2D eigenvalue weighted by atomic mass is 16.1. The number of carbonyl (C=O) groups is 1. The molecule has 0 spiro atoms. The van der Waals surface area contributed by atoms with Crippen molar-refractivity contribution < 1.29 is 4.79 Å². The van der Waals surface area contributed by atoms with Gasteiger partial charge in [0.05, 0.1) is 17.1 Å². The molecule has 0 aliphatic carbocycles. The highest BCUT2D eigenvalue weighted by Gasteiger charge is 2.15. The summed E-state index contributed by atoms with van der Waals surface area (Å²) in [5.41, 5.74) is 11.9. The topological polar surface area (TPSA) is 85.8 Å². The highest BCUT2D eigenvalue weighted by molar-refractivity contribution is 5.93. The predicted molar refractivity (Wildman–Crippen MR) is 124 cm³/mol. The number of nitrogens with two attached hydrogens (primary N) is 1. The Hall–Kier alpha value is -3.93. The Morgan fingerprint density at radius 2 is 1.81 bits per heavy atom. The lowest BCUT2D eigenvalue weighted by atomic mass is 10.1. The fraction of sp³-hybridized carbons (Fsp3) is 0.160. The van der Waals surface area contributed by atoms with E-state index in [4.69, 9.17) is 10.8 Å². The molecule has 2 heterocycles. The quantitative estimate of drug-likeness (QED) is 0.456. The zero-order chi connectivity index (χ0) is 22.0. The van der Waals surface area contributed by atoms with Gasteiger partial charge in [-0.15, -0.1) is 0 Å². The number of benzene rings is 2. The maximum absolute atomic E-state index is 11.3. The van der Waals surface area contributed by atoms with E-state index in [9.17, 15) is 4.79 Å². The van der Waals surface area contributed by atoms with Gasteiger partial charge in [-0.1, -0.05) is 26.0 Å². The first-order valence-electron chi connectivity index (χ1n) is 10.2. The molecule has 2 aromatic heterocycles. The summed E-state index contributed by atoms with van der Waals surface area (Å²) in [6, 6.07) is 21.4. The Bertz CT molecular complexity index is 1220. The fourth-order valence-corrected chi connectivity index (χ4v) is 3.37. The van der Waals surface area contributed by atoms with Gasteiger partial charge in [0.1, 0.15) is 5.82 Å². The summed E-state index contributed by atoms with van der Waals surface area (Å²) in [5.74, 6) is 0.567. The van der Waals surface area contributed by atoms with E-state index in [0.717, 1.165) is 28.3 Å². The lowest BCUT2D eigenvalue weighted by molar-refractivity contribution is 0.100. The van der Waals surface area contributed by atoms with Crippen LogP contribution in [0.3, 0.4) is 0 Å². The van der Waals surface area contributed by atoms with Crippen molar-refractivity contribution >= 4 is 17.4 Å². The lowest BCUT2D eigenvalue weighted by Crippen LogP contribution is -2.10. The monoisotopic (exact) mass is 411 g/mol. The molecule has 1 amide bonds. The minimum absolute atomic E-state index is 0.313. The number of rotatable bonds is 6. The van der Waals surface area contributed by atoms with Gasteiger partial charge in [-0.3, -0.25) is 4.79 Å². The Morgan fingerprint density at radius 3 is 2.48 bits per heavy atom. The highest BCUT2D eigenvalue weighted by Crippen LogP contribution is 2.29. The first-order chi connectivity index (χ1) is 14.9. The van der Waals surface area contributed by atoms with Crippen LogP contribution in [0.25, 0.3) is 16.9 Å². The fourth-order valence-electron chi connectivity index (χ4n) is 3.37. The molecule has 6 heteroatoms. The third-order valence-corrected chi connectivity index (χ3v) is 5.06. The van der Waals surface area contributed by atoms with Crippen LogP contribution >= 0.6 is 0 Å². The van der Waals surface area contributed by atoms with Crippen LogP contribution in [0, 0.1) is 6.92 Å². The molecule has 4 aromatic rings. The maximum atomic E-state index is 11.3. The van der Waals surface area contributed by atoms with Gasteiger partial charge >= 0.3 is 0 Å². The number of nitrogens with zero attached hydrogens (tertiary/aromatic N) is 3. The molecule has 0 atom stereocenters. The summed E-state index contributed by atoms with van der Waals surface area (Å²) in [5, 5.41) is 8.15. The number of aryl methyl sites for hydroxylation is 1. The van der Waals surface area contributed by atoms with Gasteiger partial charge in [0.15, 0.2) is 0 Å². The van der Waals surface area contributed by atoms with Gasteiger partial charge in [-0.25, -0.2) is 9.67 Å². The van der Waals surface area contributed by atoms with E-state index in [1.165, 1.54) is 5.56 Å². The predicted octanol–water partition coefficient (Wildman–Crippen LogP) is 5.21. The van der Waals surface area contributed by atoms with Crippen molar-refractivity contribution in [3.8, 4) is 16.9 Å². The molecule has 0 bridgehead atoms. The smallest absolute Gasteiger partial charge is 0.248 e. The van der Waals surface area contributed by atoms with Crippen molar-refractivity contribution in [2.75, 3.05) is 5.32 Å². The maximum Gasteiger partial charge on any atom is 0.248 e. The number of amides is 1. The van der Waals surface area contributed by atoms with Crippen molar-refractivity contribution in [1.82, 2.24) is 14.8 Å². The summed E-state index contributed by atoms with van der Waals surface area (Å²) < 4.78 is 1.99. The molecule has 31 heavy (non-hydrogen) atoms. The number of aromatic nitrogens is 3. The standard InChI is InChI=1S/C25H25N5O/c1-16(2)22-15-23(30(29-22)21-6-4-5-17(3)13-21)19-11-12-27-24(14-19)28-20-9-7-18(8-10-20)25(26)31/h4-16H,1-3H3,(H2,26,31)(H,27,28). The number of nitrogens with one attached hydrogen (secondary N) is 1. The molecule has 4 rings (SSSR count). The molecule has 0 saturated carbocycles. The van der Waals surface area contributed by atoms with Crippen LogP contribution in [-0.2, 0) is 0 Å². The lowest BCUT2D eigenvalue weighted by Gasteiger charge is -2.11. The zero-order valence-corrected chi connectivity index (χ0v) is 17.8. The number of anilines is 2. The third kappa shape index (κ3) is 4.48. The molecular formula is C25H25N5O. The molecule has 0 saturated heterocycles. The van der Waals surface area contributed by atoms with Crippen LogP contribution in [0.15, 0.2) is 72.9 Å². The average Bonchev–Trinajstić information content (AvgIpc) is 3.20. The number of primary amides is 1. The third-order valence-electron chi connectivity index (χ3n) is 5.06. The normalized spacial score (nSPS) is 11.0. The van der Waals surface area contributed by atoms with Crippen LogP contribution in [0.5, 0.6) is 0 Å². The minimum Gasteiger partial charge on any atom is -0.366 e. The van der Waals surface area contributed by atoms with Gasteiger partial charge in [0.25, 0.3) is 0 Å². The second-order valence-corrected chi connectivity index (χ2v) is 7.86. The van der Waals surface area contributed by atoms with Crippen molar-refractivity contribution in [1.29, 1.82) is 0 Å². The number of pyridine rings is 1. The van der Waals surface area contributed by atoms with Crippen LogP contribution < -0.4 is 11.1 Å². The second-order valence-electron chi connectivity index (χ2n) is 7.86. The van der Waals surface area contributed by atoms with E-state index < -0.39 is 5.91 Å². The van der Waals surface area contributed by atoms with Gasteiger partial charge in [-0.05, 0) is 73.0 Å². The zero-order valence-electron chi connectivity index (χ0n) is 17.8. The Morgan fingerprint density at radius 1 is 1.03 bits per heavy atom. The number of carbonyl (C=O) groups excluding carboxylic acids is 1. The van der Waals surface area contributed by atoms with E-state index in [0.29, 0.717) is 17.3 Å². The van der Waals surface area contributed by atoms with Crippen molar-refractivity contribution in [2.24, 2.45) is 5.73 Å².